The molecule has 0 aromatic carbocycles. The molecule has 1 aliphatic carbocycles. The van der Waals surface area contributed by atoms with Gasteiger partial charge in [-0.15, -0.1) is 12.4 Å². The highest BCUT2D eigenvalue weighted by Crippen LogP contribution is 2.26. The van der Waals surface area contributed by atoms with E-state index in [1.165, 1.54) is 38.5 Å². The maximum absolute atomic E-state index is 12.1. The van der Waals surface area contributed by atoms with E-state index in [-0.39, 0.29) is 24.9 Å². The molecule has 0 spiro atoms. The Labute approximate surface area is 164 Å². The molecule has 0 bridgehead atoms. The SMILES string of the molecule is CN(CC(=O)O)C1CCN(CC(=O)NCCCC2CCCCC2)CC1.Cl. The zero-order chi connectivity index (χ0) is 18.1. The van der Waals surface area contributed by atoms with Gasteiger partial charge in [0.1, 0.15) is 0 Å². The van der Waals surface area contributed by atoms with Crippen LogP contribution in [-0.2, 0) is 9.59 Å². The number of carboxylic acids is 1. The van der Waals surface area contributed by atoms with Crippen molar-refractivity contribution in [3.05, 3.63) is 0 Å². The number of nitrogens with one attached hydrogen (secondary N) is 1. The molecule has 1 aliphatic heterocycles. The maximum Gasteiger partial charge on any atom is 0.317 e. The second-order valence-corrected chi connectivity index (χ2v) is 7.81. The van der Waals surface area contributed by atoms with Crippen LogP contribution in [0.15, 0.2) is 0 Å². The molecular weight excluding hydrogens is 354 g/mol. The fourth-order valence-electron chi connectivity index (χ4n) is 4.21. The molecule has 2 aliphatic rings. The van der Waals surface area contributed by atoms with Gasteiger partial charge < -0.3 is 10.4 Å². The molecule has 26 heavy (non-hydrogen) atoms. The first-order valence-electron chi connectivity index (χ1n) is 9.95. The number of halogens is 1. The lowest BCUT2D eigenvalue weighted by Crippen LogP contribution is -2.47. The summed E-state index contributed by atoms with van der Waals surface area (Å²) in [6, 6.07) is 0.311. The second kappa shape index (κ2) is 12.5. The molecule has 2 fully saturated rings. The Morgan fingerprint density at radius 2 is 1.77 bits per heavy atom. The zero-order valence-electron chi connectivity index (χ0n) is 16.1. The van der Waals surface area contributed by atoms with Crippen molar-refractivity contribution in [1.82, 2.24) is 15.1 Å². The van der Waals surface area contributed by atoms with E-state index in [1.54, 1.807) is 0 Å². The summed E-state index contributed by atoms with van der Waals surface area (Å²) in [5.74, 6) is 0.228. The molecule has 2 N–H and O–H groups in total. The van der Waals surface area contributed by atoms with Crippen LogP contribution < -0.4 is 5.32 Å². The topological polar surface area (TPSA) is 72.9 Å². The van der Waals surface area contributed by atoms with Gasteiger partial charge in [0.15, 0.2) is 0 Å². The van der Waals surface area contributed by atoms with E-state index < -0.39 is 5.97 Å². The minimum atomic E-state index is -0.780. The van der Waals surface area contributed by atoms with Gasteiger partial charge in [-0.1, -0.05) is 32.1 Å². The smallest absolute Gasteiger partial charge is 0.317 e. The van der Waals surface area contributed by atoms with E-state index in [2.05, 4.69) is 10.2 Å². The first kappa shape index (κ1) is 23.2. The average molecular weight is 390 g/mol. The van der Waals surface area contributed by atoms with E-state index in [9.17, 15) is 9.59 Å². The summed E-state index contributed by atoms with van der Waals surface area (Å²) in [4.78, 5) is 27.0. The second-order valence-electron chi connectivity index (χ2n) is 7.81. The number of aliphatic carboxylic acids is 1. The quantitative estimate of drug-likeness (QED) is 0.592. The lowest BCUT2D eigenvalue weighted by Gasteiger charge is -2.35. The summed E-state index contributed by atoms with van der Waals surface area (Å²) in [5, 5.41) is 11.9. The molecule has 152 valence electrons. The van der Waals surface area contributed by atoms with Crippen molar-refractivity contribution in [2.45, 2.75) is 63.8 Å². The van der Waals surface area contributed by atoms with Gasteiger partial charge >= 0.3 is 5.97 Å². The van der Waals surface area contributed by atoms with Crippen LogP contribution in [0.4, 0.5) is 0 Å². The largest absolute Gasteiger partial charge is 0.480 e. The molecule has 2 rings (SSSR count). The fraction of sp³-hybridized carbons (Fsp3) is 0.895. The van der Waals surface area contributed by atoms with Crippen LogP contribution in [0.5, 0.6) is 0 Å². The van der Waals surface area contributed by atoms with E-state index in [0.29, 0.717) is 12.6 Å². The van der Waals surface area contributed by atoms with Gasteiger partial charge in [0, 0.05) is 25.7 Å². The number of carbonyl (C=O) groups is 2. The molecule has 0 aromatic heterocycles. The number of carbonyl (C=O) groups excluding carboxylic acids is 1. The monoisotopic (exact) mass is 389 g/mol. The minimum absolute atomic E-state index is 0. The van der Waals surface area contributed by atoms with E-state index in [1.807, 2.05) is 11.9 Å². The van der Waals surface area contributed by atoms with Crippen LogP contribution in [-0.4, -0.2) is 72.6 Å². The van der Waals surface area contributed by atoms with Crippen LogP contribution in [0.3, 0.4) is 0 Å². The van der Waals surface area contributed by atoms with Crippen LogP contribution in [0.1, 0.15) is 57.8 Å². The molecule has 0 radical (unpaired) electrons. The van der Waals surface area contributed by atoms with Crippen LogP contribution in [0.25, 0.3) is 0 Å². The van der Waals surface area contributed by atoms with Crippen LogP contribution in [0.2, 0.25) is 0 Å². The molecule has 0 aromatic rings. The number of amides is 1. The normalized spacial score (nSPS) is 19.9. The number of piperidine rings is 1. The van der Waals surface area contributed by atoms with Gasteiger partial charge in [-0.05, 0) is 38.6 Å². The number of likely N-dealkylation sites (tertiary alicyclic amines) is 1. The predicted molar refractivity (Wildman–Crippen MR) is 106 cm³/mol. The summed E-state index contributed by atoms with van der Waals surface area (Å²) in [5.41, 5.74) is 0. The van der Waals surface area contributed by atoms with Crippen molar-refractivity contribution in [3.63, 3.8) is 0 Å². The molecule has 6 nitrogen and oxygen atoms in total. The van der Waals surface area contributed by atoms with E-state index in [4.69, 9.17) is 5.11 Å². The standard InChI is InChI=1S/C19H35N3O3.ClH/c1-21(15-19(24)25)17-9-12-22(13-10-17)14-18(23)20-11-5-8-16-6-3-2-4-7-16;/h16-17H,2-15H2,1H3,(H,20,23)(H,24,25);1H. The minimum Gasteiger partial charge on any atom is -0.480 e. The number of likely N-dealkylation sites (N-methyl/N-ethyl adjacent to an activating group) is 1. The molecule has 1 heterocycles. The highest BCUT2D eigenvalue weighted by atomic mass is 35.5. The summed E-state index contributed by atoms with van der Waals surface area (Å²) in [6.45, 7) is 3.09. The van der Waals surface area contributed by atoms with Gasteiger partial charge in [0.2, 0.25) is 5.91 Å². The van der Waals surface area contributed by atoms with Crippen molar-refractivity contribution in [2.24, 2.45) is 5.92 Å². The molecule has 0 atom stereocenters. The van der Waals surface area contributed by atoms with Gasteiger partial charge in [-0.25, -0.2) is 0 Å². The number of rotatable bonds is 9. The third-order valence-electron chi connectivity index (χ3n) is 5.77. The van der Waals surface area contributed by atoms with Crippen molar-refractivity contribution in [2.75, 3.05) is 39.8 Å². The Morgan fingerprint density at radius 3 is 2.38 bits per heavy atom. The van der Waals surface area contributed by atoms with E-state index >= 15 is 0 Å². The Hall–Kier alpha value is -0.850. The number of nitrogens with zero attached hydrogens (tertiary/aromatic N) is 2. The van der Waals surface area contributed by atoms with Gasteiger partial charge in [0.05, 0.1) is 13.1 Å². The van der Waals surface area contributed by atoms with Gasteiger partial charge in [-0.3, -0.25) is 19.4 Å². The number of hydrogen-bond acceptors (Lipinski definition) is 4. The summed E-state index contributed by atoms with van der Waals surface area (Å²) in [6.07, 6.45) is 11.1. The summed E-state index contributed by atoms with van der Waals surface area (Å²) < 4.78 is 0. The number of carboxylic acid groups (broad SMARTS) is 1. The molecule has 0 unspecified atom stereocenters. The van der Waals surface area contributed by atoms with Crippen LogP contribution in [0, 0.1) is 5.92 Å². The average Bonchev–Trinajstić information content (AvgIpc) is 2.60. The Bertz CT molecular complexity index is 422. The molecule has 1 saturated carbocycles. The lowest BCUT2D eigenvalue weighted by molar-refractivity contribution is -0.138. The zero-order valence-corrected chi connectivity index (χ0v) is 16.9. The molecular formula is C19H36ClN3O3. The van der Waals surface area contributed by atoms with Gasteiger partial charge in [-0.2, -0.15) is 0 Å². The third kappa shape index (κ3) is 8.69. The summed E-state index contributed by atoms with van der Waals surface area (Å²) in [7, 11) is 1.87. The summed E-state index contributed by atoms with van der Waals surface area (Å²) >= 11 is 0. The van der Waals surface area contributed by atoms with Crippen molar-refractivity contribution < 1.29 is 14.7 Å². The third-order valence-corrected chi connectivity index (χ3v) is 5.77. The highest BCUT2D eigenvalue weighted by molar-refractivity contribution is 5.85. The molecule has 1 amide bonds. The Balaban J connectivity index is 0.00000338. The lowest BCUT2D eigenvalue weighted by atomic mass is 9.86. The first-order chi connectivity index (χ1) is 12.0. The van der Waals surface area contributed by atoms with Crippen molar-refractivity contribution in [3.8, 4) is 0 Å². The first-order valence-corrected chi connectivity index (χ1v) is 9.95. The van der Waals surface area contributed by atoms with E-state index in [0.717, 1.165) is 44.8 Å². The predicted octanol–water partition coefficient (Wildman–Crippen LogP) is 2.37. The van der Waals surface area contributed by atoms with Gasteiger partial charge in [0.25, 0.3) is 0 Å². The fourth-order valence-corrected chi connectivity index (χ4v) is 4.21. The van der Waals surface area contributed by atoms with Crippen LogP contribution >= 0.6 is 12.4 Å². The molecule has 1 saturated heterocycles. The Kier molecular flexibility index (Phi) is 11.2. The maximum atomic E-state index is 12.1. The van der Waals surface area contributed by atoms with Crippen molar-refractivity contribution in [1.29, 1.82) is 0 Å². The number of hydrogen-bond donors (Lipinski definition) is 2. The highest BCUT2D eigenvalue weighted by Gasteiger charge is 2.24. The Morgan fingerprint density at radius 1 is 1.12 bits per heavy atom. The molecule has 7 heteroatoms. The van der Waals surface area contributed by atoms with Crippen molar-refractivity contribution >= 4 is 24.3 Å².